The fourth-order valence-corrected chi connectivity index (χ4v) is 0.952. The SMILES string of the molecule is Cc1cccc(N=C/C(C=O)=C\O)c1. The van der Waals surface area contributed by atoms with Crippen molar-refractivity contribution in [3.05, 3.63) is 41.7 Å². The van der Waals surface area contributed by atoms with Crippen molar-refractivity contribution in [3.8, 4) is 0 Å². The van der Waals surface area contributed by atoms with Gasteiger partial charge in [0.2, 0.25) is 0 Å². The van der Waals surface area contributed by atoms with Crippen LogP contribution in [0.4, 0.5) is 5.69 Å². The van der Waals surface area contributed by atoms with Crippen LogP contribution in [0.2, 0.25) is 0 Å². The number of aryl methyl sites for hydroxylation is 1. The van der Waals surface area contributed by atoms with Gasteiger partial charge in [-0.2, -0.15) is 0 Å². The highest BCUT2D eigenvalue weighted by atomic mass is 16.2. The molecule has 0 aliphatic rings. The van der Waals surface area contributed by atoms with E-state index in [9.17, 15) is 4.79 Å². The Kier molecular flexibility index (Phi) is 3.61. The number of nitrogens with zero attached hydrogens (tertiary/aromatic N) is 1. The molecule has 0 atom stereocenters. The molecule has 0 radical (unpaired) electrons. The lowest BCUT2D eigenvalue weighted by Crippen LogP contribution is -1.85. The van der Waals surface area contributed by atoms with Crippen molar-refractivity contribution in [2.24, 2.45) is 4.99 Å². The zero-order valence-electron chi connectivity index (χ0n) is 7.84. The molecule has 0 saturated carbocycles. The lowest BCUT2D eigenvalue weighted by atomic mass is 10.2. The largest absolute Gasteiger partial charge is 0.515 e. The van der Waals surface area contributed by atoms with Gasteiger partial charge in [0, 0.05) is 6.21 Å². The first-order valence-corrected chi connectivity index (χ1v) is 4.16. The van der Waals surface area contributed by atoms with Crippen LogP contribution in [-0.2, 0) is 4.79 Å². The molecule has 1 N–H and O–H groups in total. The molecule has 0 spiro atoms. The first-order valence-electron chi connectivity index (χ1n) is 4.16. The van der Waals surface area contributed by atoms with Gasteiger partial charge in [0.1, 0.15) is 0 Å². The molecule has 0 saturated heterocycles. The molecule has 14 heavy (non-hydrogen) atoms. The van der Waals surface area contributed by atoms with Crippen LogP contribution >= 0.6 is 0 Å². The van der Waals surface area contributed by atoms with Gasteiger partial charge in [0.05, 0.1) is 17.5 Å². The van der Waals surface area contributed by atoms with Gasteiger partial charge in [-0.05, 0) is 24.6 Å². The summed E-state index contributed by atoms with van der Waals surface area (Å²) >= 11 is 0. The number of rotatable bonds is 3. The summed E-state index contributed by atoms with van der Waals surface area (Å²) in [7, 11) is 0. The van der Waals surface area contributed by atoms with Crippen LogP contribution < -0.4 is 0 Å². The number of carbonyl (C=O) groups excluding carboxylic acids is 1. The summed E-state index contributed by atoms with van der Waals surface area (Å²) in [4.78, 5) is 14.3. The lowest BCUT2D eigenvalue weighted by molar-refractivity contribution is -0.104. The molecule has 3 nitrogen and oxygen atoms in total. The summed E-state index contributed by atoms with van der Waals surface area (Å²) < 4.78 is 0. The molecular formula is C11H11NO2. The van der Waals surface area contributed by atoms with E-state index in [1.165, 1.54) is 6.21 Å². The Labute approximate surface area is 82.4 Å². The maximum absolute atomic E-state index is 10.3. The van der Waals surface area contributed by atoms with Crippen LogP contribution in [0.1, 0.15) is 5.56 Å². The van der Waals surface area contributed by atoms with E-state index in [1.807, 2.05) is 31.2 Å². The summed E-state index contributed by atoms with van der Waals surface area (Å²) in [6.07, 6.45) is 2.59. The van der Waals surface area contributed by atoms with Crippen LogP contribution in [0.25, 0.3) is 0 Å². The second kappa shape index (κ2) is 4.97. The van der Waals surface area contributed by atoms with Gasteiger partial charge in [-0.1, -0.05) is 12.1 Å². The number of hydrogen-bond donors (Lipinski definition) is 1. The molecule has 1 rings (SSSR count). The highest BCUT2D eigenvalue weighted by Gasteiger charge is 1.90. The highest BCUT2D eigenvalue weighted by molar-refractivity contribution is 6.02. The van der Waals surface area contributed by atoms with E-state index in [0.29, 0.717) is 6.29 Å². The maximum Gasteiger partial charge on any atom is 0.154 e. The van der Waals surface area contributed by atoms with Crippen LogP contribution in [-0.4, -0.2) is 17.6 Å². The van der Waals surface area contributed by atoms with Gasteiger partial charge in [-0.3, -0.25) is 9.79 Å². The van der Waals surface area contributed by atoms with Crippen molar-refractivity contribution in [2.75, 3.05) is 0 Å². The third kappa shape index (κ3) is 2.86. The molecule has 3 heteroatoms. The summed E-state index contributed by atoms with van der Waals surface area (Å²) in [5.74, 6) is 0. The van der Waals surface area contributed by atoms with E-state index < -0.39 is 0 Å². The third-order valence-electron chi connectivity index (χ3n) is 1.65. The number of benzene rings is 1. The summed E-state index contributed by atoms with van der Waals surface area (Å²) in [6.45, 7) is 1.96. The highest BCUT2D eigenvalue weighted by Crippen LogP contribution is 2.12. The van der Waals surface area contributed by atoms with Crippen LogP contribution in [0, 0.1) is 6.92 Å². The maximum atomic E-state index is 10.3. The van der Waals surface area contributed by atoms with Gasteiger partial charge < -0.3 is 5.11 Å². The fourth-order valence-electron chi connectivity index (χ4n) is 0.952. The average Bonchev–Trinajstić information content (AvgIpc) is 2.19. The summed E-state index contributed by atoms with van der Waals surface area (Å²) in [5, 5.41) is 8.57. The van der Waals surface area contributed by atoms with Crippen molar-refractivity contribution in [1.29, 1.82) is 0 Å². The second-order valence-electron chi connectivity index (χ2n) is 2.84. The standard InChI is InChI=1S/C11H11NO2/c1-9-3-2-4-11(5-9)12-6-10(7-13)8-14/h2-8,13H,1H3/b10-7+,12-6?. The molecule has 0 aromatic heterocycles. The molecule has 0 aliphatic heterocycles. The first kappa shape index (κ1) is 10.2. The van der Waals surface area contributed by atoms with Crippen LogP contribution in [0.15, 0.2) is 41.1 Å². The smallest absolute Gasteiger partial charge is 0.154 e. The van der Waals surface area contributed by atoms with Crippen LogP contribution in [0.5, 0.6) is 0 Å². The number of aliphatic hydroxyl groups excluding tert-OH is 1. The van der Waals surface area contributed by atoms with Gasteiger partial charge in [0.25, 0.3) is 0 Å². The Hall–Kier alpha value is -1.90. The molecule has 0 amide bonds. The minimum atomic E-state index is 0.145. The third-order valence-corrected chi connectivity index (χ3v) is 1.65. The van der Waals surface area contributed by atoms with Crippen LogP contribution in [0.3, 0.4) is 0 Å². The summed E-state index contributed by atoms with van der Waals surface area (Å²) in [6, 6.07) is 7.55. The van der Waals surface area contributed by atoms with E-state index in [2.05, 4.69) is 4.99 Å². The van der Waals surface area contributed by atoms with Crippen molar-refractivity contribution in [3.63, 3.8) is 0 Å². The first-order chi connectivity index (χ1) is 6.76. The average molecular weight is 189 g/mol. The van der Waals surface area contributed by atoms with Gasteiger partial charge in [-0.25, -0.2) is 0 Å². The zero-order chi connectivity index (χ0) is 10.4. The molecule has 72 valence electrons. The van der Waals surface area contributed by atoms with E-state index in [0.717, 1.165) is 17.5 Å². The normalized spacial score (nSPS) is 11.9. The minimum absolute atomic E-state index is 0.145. The monoisotopic (exact) mass is 189 g/mol. The number of aliphatic hydroxyl groups is 1. The molecule has 0 unspecified atom stereocenters. The molecule has 1 aromatic rings. The predicted octanol–water partition coefficient (Wildman–Crippen LogP) is 2.34. The fraction of sp³-hybridized carbons (Fsp3) is 0.0909. The van der Waals surface area contributed by atoms with Gasteiger partial charge >= 0.3 is 0 Å². The van der Waals surface area contributed by atoms with E-state index in [4.69, 9.17) is 5.11 Å². The molecule has 0 aliphatic carbocycles. The van der Waals surface area contributed by atoms with E-state index in [1.54, 1.807) is 0 Å². The number of aldehydes is 1. The van der Waals surface area contributed by atoms with Crippen molar-refractivity contribution >= 4 is 18.2 Å². The molecule has 1 aromatic carbocycles. The number of aliphatic imine (C=N–C) groups is 1. The Morgan fingerprint density at radius 2 is 2.29 bits per heavy atom. The van der Waals surface area contributed by atoms with Crippen molar-refractivity contribution < 1.29 is 9.90 Å². The Morgan fingerprint density at radius 3 is 2.86 bits per heavy atom. The lowest BCUT2D eigenvalue weighted by Gasteiger charge is -1.94. The predicted molar refractivity (Wildman–Crippen MR) is 56.1 cm³/mol. The molecular weight excluding hydrogens is 178 g/mol. The zero-order valence-corrected chi connectivity index (χ0v) is 7.84. The summed E-state index contributed by atoms with van der Waals surface area (Å²) in [5.41, 5.74) is 2.00. The van der Waals surface area contributed by atoms with Crippen molar-refractivity contribution in [1.82, 2.24) is 0 Å². The van der Waals surface area contributed by atoms with E-state index >= 15 is 0 Å². The quantitative estimate of drug-likeness (QED) is 0.343. The number of allylic oxidation sites excluding steroid dienone is 1. The number of carbonyl (C=O) groups is 1. The molecule has 0 fully saturated rings. The van der Waals surface area contributed by atoms with Gasteiger partial charge in [-0.15, -0.1) is 0 Å². The topological polar surface area (TPSA) is 49.7 Å². The van der Waals surface area contributed by atoms with Crippen molar-refractivity contribution in [2.45, 2.75) is 6.92 Å². The Bertz CT molecular complexity index is 381. The minimum Gasteiger partial charge on any atom is -0.515 e. The Morgan fingerprint density at radius 1 is 1.50 bits per heavy atom. The molecule has 0 heterocycles. The Balaban J connectivity index is 2.83. The number of hydrogen-bond acceptors (Lipinski definition) is 3. The molecule has 0 bridgehead atoms. The van der Waals surface area contributed by atoms with Gasteiger partial charge in [0.15, 0.2) is 6.29 Å². The van der Waals surface area contributed by atoms with E-state index in [-0.39, 0.29) is 5.57 Å². The second-order valence-corrected chi connectivity index (χ2v) is 2.84.